The molecule has 7 heteroatoms. The molecule has 0 spiro atoms. The van der Waals surface area contributed by atoms with Crippen LogP contribution in [0.2, 0.25) is 0 Å². The van der Waals surface area contributed by atoms with Gasteiger partial charge in [0.15, 0.2) is 0 Å². The van der Waals surface area contributed by atoms with Crippen LogP contribution >= 0.6 is 0 Å². The highest BCUT2D eigenvalue weighted by Crippen LogP contribution is 2.22. The SMILES string of the molecule is CCN1CCN(C(=O)Nc2cc(C)ccn2)C[C@@H]1c1ncc[nH]1. The van der Waals surface area contributed by atoms with Gasteiger partial charge >= 0.3 is 6.03 Å². The van der Waals surface area contributed by atoms with Crippen LogP contribution in [-0.2, 0) is 0 Å². The highest BCUT2D eigenvalue weighted by atomic mass is 16.2. The fraction of sp³-hybridized carbons (Fsp3) is 0.438. The zero-order valence-corrected chi connectivity index (χ0v) is 13.5. The smallest absolute Gasteiger partial charge is 0.323 e. The minimum absolute atomic E-state index is 0.0972. The third kappa shape index (κ3) is 3.50. The number of anilines is 1. The maximum Gasteiger partial charge on any atom is 0.323 e. The number of rotatable bonds is 3. The molecule has 3 heterocycles. The second-order valence-electron chi connectivity index (χ2n) is 5.71. The van der Waals surface area contributed by atoms with Crippen LogP contribution in [0.3, 0.4) is 0 Å². The highest BCUT2D eigenvalue weighted by molar-refractivity contribution is 5.88. The maximum absolute atomic E-state index is 12.5. The number of pyridine rings is 1. The summed E-state index contributed by atoms with van der Waals surface area (Å²) in [6.07, 6.45) is 5.27. The Hall–Kier alpha value is -2.41. The standard InChI is InChI=1S/C16H22N6O/c1-3-21-8-9-22(11-13(21)15-18-6-7-19-15)16(23)20-14-10-12(2)4-5-17-14/h4-7,10,13H,3,8-9,11H2,1-2H3,(H,18,19)(H,17,20,23)/t13-/m1/s1. The summed E-state index contributed by atoms with van der Waals surface area (Å²) in [6, 6.07) is 3.75. The fourth-order valence-corrected chi connectivity index (χ4v) is 2.90. The molecule has 2 N–H and O–H groups in total. The van der Waals surface area contributed by atoms with Gasteiger partial charge in [-0.05, 0) is 31.2 Å². The topological polar surface area (TPSA) is 77.2 Å². The first-order valence-corrected chi connectivity index (χ1v) is 7.89. The molecule has 0 aliphatic carbocycles. The molecule has 1 aliphatic heterocycles. The van der Waals surface area contributed by atoms with E-state index in [0.29, 0.717) is 18.9 Å². The third-order valence-electron chi connectivity index (χ3n) is 4.17. The van der Waals surface area contributed by atoms with Crippen molar-refractivity contribution in [3.8, 4) is 0 Å². The average molecular weight is 314 g/mol. The molecule has 0 radical (unpaired) electrons. The lowest BCUT2D eigenvalue weighted by Crippen LogP contribution is -2.51. The number of imidazole rings is 1. The van der Waals surface area contributed by atoms with Gasteiger partial charge in [-0.25, -0.2) is 14.8 Å². The molecule has 1 fully saturated rings. The number of aryl methyl sites for hydroxylation is 1. The summed E-state index contributed by atoms with van der Waals surface area (Å²) in [7, 11) is 0. The maximum atomic E-state index is 12.5. The molecule has 2 aromatic rings. The number of likely N-dealkylation sites (N-methyl/N-ethyl adjacent to an activating group) is 1. The van der Waals surface area contributed by atoms with Crippen LogP contribution in [-0.4, -0.2) is 57.0 Å². The van der Waals surface area contributed by atoms with Crippen LogP contribution in [0.5, 0.6) is 0 Å². The molecule has 7 nitrogen and oxygen atoms in total. The summed E-state index contributed by atoms with van der Waals surface area (Å²) < 4.78 is 0. The van der Waals surface area contributed by atoms with E-state index in [-0.39, 0.29) is 12.1 Å². The van der Waals surface area contributed by atoms with E-state index in [4.69, 9.17) is 0 Å². The molecule has 0 aromatic carbocycles. The fourth-order valence-electron chi connectivity index (χ4n) is 2.90. The molecule has 23 heavy (non-hydrogen) atoms. The Morgan fingerprint density at radius 2 is 2.26 bits per heavy atom. The van der Waals surface area contributed by atoms with Gasteiger partial charge in [0, 0.05) is 38.2 Å². The Labute approximate surface area is 135 Å². The van der Waals surface area contributed by atoms with E-state index in [1.54, 1.807) is 12.4 Å². The summed E-state index contributed by atoms with van der Waals surface area (Å²) in [6.45, 7) is 7.17. The van der Waals surface area contributed by atoms with Crippen molar-refractivity contribution in [2.75, 3.05) is 31.5 Å². The number of urea groups is 1. The molecule has 122 valence electrons. The second-order valence-corrected chi connectivity index (χ2v) is 5.71. The number of amides is 2. The monoisotopic (exact) mass is 314 g/mol. The molecule has 1 atom stereocenters. The summed E-state index contributed by atoms with van der Waals surface area (Å²) >= 11 is 0. The lowest BCUT2D eigenvalue weighted by Gasteiger charge is -2.39. The Morgan fingerprint density at radius 1 is 1.39 bits per heavy atom. The zero-order valence-electron chi connectivity index (χ0n) is 13.5. The van der Waals surface area contributed by atoms with Gasteiger partial charge in [-0.3, -0.25) is 10.2 Å². The van der Waals surface area contributed by atoms with E-state index < -0.39 is 0 Å². The Bertz CT molecular complexity index is 656. The molecule has 1 aliphatic rings. The molecule has 1 saturated heterocycles. The van der Waals surface area contributed by atoms with Crippen LogP contribution in [0, 0.1) is 6.92 Å². The van der Waals surface area contributed by atoms with Crippen molar-refractivity contribution >= 4 is 11.8 Å². The van der Waals surface area contributed by atoms with E-state index in [1.165, 1.54) is 0 Å². The molecular formula is C16H22N6O. The molecule has 0 saturated carbocycles. The largest absolute Gasteiger partial charge is 0.347 e. The van der Waals surface area contributed by atoms with E-state index >= 15 is 0 Å². The minimum atomic E-state index is -0.115. The predicted molar refractivity (Wildman–Crippen MR) is 88.1 cm³/mol. The Morgan fingerprint density at radius 3 is 2.96 bits per heavy atom. The quantitative estimate of drug-likeness (QED) is 0.908. The van der Waals surface area contributed by atoms with Crippen LogP contribution in [0.1, 0.15) is 24.4 Å². The number of hydrogen-bond acceptors (Lipinski definition) is 4. The zero-order chi connectivity index (χ0) is 16.2. The number of piperazine rings is 1. The van der Waals surface area contributed by atoms with Crippen molar-refractivity contribution in [1.82, 2.24) is 24.8 Å². The lowest BCUT2D eigenvalue weighted by atomic mass is 10.1. The van der Waals surface area contributed by atoms with E-state index in [9.17, 15) is 4.79 Å². The number of hydrogen-bond donors (Lipinski definition) is 2. The van der Waals surface area contributed by atoms with Crippen molar-refractivity contribution in [1.29, 1.82) is 0 Å². The molecular weight excluding hydrogens is 292 g/mol. The number of carbonyl (C=O) groups is 1. The number of nitrogens with zero attached hydrogens (tertiary/aromatic N) is 4. The number of aromatic nitrogens is 3. The van der Waals surface area contributed by atoms with Crippen molar-refractivity contribution in [3.63, 3.8) is 0 Å². The van der Waals surface area contributed by atoms with Gasteiger partial charge in [0.2, 0.25) is 0 Å². The van der Waals surface area contributed by atoms with Crippen LogP contribution in [0.15, 0.2) is 30.7 Å². The van der Waals surface area contributed by atoms with Gasteiger partial charge in [0.1, 0.15) is 11.6 Å². The predicted octanol–water partition coefficient (Wildman–Crippen LogP) is 2.02. The molecule has 3 rings (SSSR count). The summed E-state index contributed by atoms with van der Waals surface area (Å²) in [5, 5.41) is 2.88. The first kappa shape index (κ1) is 15.5. The van der Waals surface area contributed by atoms with Crippen molar-refractivity contribution in [2.45, 2.75) is 19.9 Å². The number of aromatic amines is 1. The summed E-state index contributed by atoms with van der Waals surface area (Å²) in [5.41, 5.74) is 1.07. The highest BCUT2D eigenvalue weighted by Gasteiger charge is 2.31. The molecule has 0 bridgehead atoms. The number of H-pyrrole nitrogens is 1. The average Bonchev–Trinajstić information content (AvgIpc) is 3.08. The van der Waals surface area contributed by atoms with E-state index in [1.807, 2.05) is 30.2 Å². The minimum Gasteiger partial charge on any atom is -0.347 e. The first-order chi connectivity index (χ1) is 11.2. The van der Waals surface area contributed by atoms with Crippen molar-refractivity contribution in [3.05, 3.63) is 42.1 Å². The molecule has 2 amide bonds. The normalized spacial score (nSPS) is 18.9. The summed E-state index contributed by atoms with van der Waals surface area (Å²) in [5.74, 6) is 1.49. The number of nitrogens with one attached hydrogen (secondary N) is 2. The van der Waals surface area contributed by atoms with Crippen molar-refractivity contribution in [2.24, 2.45) is 0 Å². The van der Waals surface area contributed by atoms with Gasteiger partial charge < -0.3 is 9.88 Å². The lowest BCUT2D eigenvalue weighted by molar-refractivity contribution is 0.0946. The van der Waals surface area contributed by atoms with Gasteiger partial charge in [-0.15, -0.1) is 0 Å². The Balaban J connectivity index is 1.69. The van der Waals surface area contributed by atoms with Gasteiger partial charge in [0.05, 0.1) is 6.04 Å². The Kier molecular flexibility index (Phi) is 4.57. The summed E-state index contributed by atoms with van der Waals surface area (Å²) in [4.78, 5) is 28.4. The van der Waals surface area contributed by atoms with Gasteiger partial charge in [-0.1, -0.05) is 6.92 Å². The third-order valence-corrected chi connectivity index (χ3v) is 4.17. The van der Waals surface area contributed by atoms with E-state index in [2.05, 4.69) is 32.1 Å². The molecule has 0 unspecified atom stereocenters. The van der Waals surface area contributed by atoms with Crippen LogP contribution in [0.25, 0.3) is 0 Å². The van der Waals surface area contributed by atoms with E-state index in [0.717, 1.165) is 24.5 Å². The van der Waals surface area contributed by atoms with Crippen molar-refractivity contribution < 1.29 is 4.79 Å². The first-order valence-electron chi connectivity index (χ1n) is 7.89. The van der Waals surface area contributed by atoms with Crippen LogP contribution in [0.4, 0.5) is 10.6 Å². The van der Waals surface area contributed by atoms with Gasteiger partial charge in [-0.2, -0.15) is 0 Å². The molecule has 2 aromatic heterocycles. The second kappa shape index (κ2) is 6.78. The van der Waals surface area contributed by atoms with Crippen LogP contribution < -0.4 is 5.32 Å². The van der Waals surface area contributed by atoms with Gasteiger partial charge in [0.25, 0.3) is 0 Å². The number of carbonyl (C=O) groups excluding carboxylic acids is 1.